The number of phosphoric acid groups is 2. The van der Waals surface area contributed by atoms with Crippen LogP contribution in [0, 0.1) is 5.92 Å². The summed E-state index contributed by atoms with van der Waals surface area (Å²) >= 11 is 0. The normalized spacial score (nSPS) is 13.9. The molecule has 5 atom stereocenters. The van der Waals surface area contributed by atoms with Gasteiger partial charge in [0.1, 0.15) is 19.3 Å². The number of carbonyl (C=O) groups excluding carboxylic acids is 4. The van der Waals surface area contributed by atoms with Crippen molar-refractivity contribution < 1.29 is 80.2 Å². The molecule has 0 aromatic rings. The van der Waals surface area contributed by atoms with Crippen LogP contribution in [0.1, 0.15) is 401 Å². The topological polar surface area (TPSA) is 237 Å². The van der Waals surface area contributed by atoms with Crippen LogP contribution in [0.4, 0.5) is 0 Å². The van der Waals surface area contributed by atoms with Crippen molar-refractivity contribution in [3.63, 3.8) is 0 Å². The number of hydrogen-bond acceptors (Lipinski definition) is 15. The maximum absolute atomic E-state index is 13.1. The van der Waals surface area contributed by atoms with Crippen molar-refractivity contribution >= 4 is 39.5 Å². The number of carbonyl (C=O) groups is 4. The van der Waals surface area contributed by atoms with E-state index < -0.39 is 97.5 Å². The molecule has 17 nitrogen and oxygen atoms in total. The van der Waals surface area contributed by atoms with Gasteiger partial charge in [0.25, 0.3) is 0 Å². The van der Waals surface area contributed by atoms with Gasteiger partial charge in [-0.2, -0.15) is 0 Å². The van der Waals surface area contributed by atoms with Crippen LogP contribution < -0.4 is 0 Å². The quantitative estimate of drug-likeness (QED) is 0.0222. The first-order valence-corrected chi connectivity index (χ1v) is 42.6. The average molecular weight is 1400 g/mol. The Labute approximate surface area is 581 Å². The highest BCUT2D eigenvalue weighted by Gasteiger charge is 2.30. The van der Waals surface area contributed by atoms with Crippen molar-refractivity contribution in [1.29, 1.82) is 0 Å². The molecule has 2 unspecified atom stereocenters. The van der Waals surface area contributed by atoms with Crippen molar-refractivity contribution in [1.82, 2.24) is 0 Å². The zero-order chi connectivity index (χ0) is 69.8. The highest BCUT2D eigenvalue weighted by Crippen LogP contribution is 2.45. The van der Waals surface area contributed by atoms with Crippen LogP contribution >= 0.6 is 15.6 Å². The maximum atomic E-state index is 13.1. The van der Waals surface area contributed by atoms with Gasteiger partial charge in [0.15, 0.2) is 12.2 Å². The highest BCUT2D eigenvalue weighted by molar-refractivity contribution is 7.47. The molecule has 0 amide bonds. The Morgan fingerprint density at radius 2 is 0.484 bits per heavy atom. The summed E-state index contributed by atoms with van der Waals surface area (Å²) in [6.07, 6.45) is 58.7. The van der Waals surface area contributed by atoms with E-state index in [2.05, 4.69) is 34.6 Å². The fraction of sp³-hybridized carbons (Fsp3) is 0.947. The second-order valence-electron chi connectivity index (χ2n) is 27.9. The number of phosphoric ester groups is 2. The molecule has 0 aliphatic carbocycles. The number of unbranched alkanes of at least 4 members (excludes halogenated alkanes) is 48. The standard InChI is InChI=1S/C76H148O17P2/c1-6-9-12-15-17-19-21-23-25-27-28-29-30-32-34-38-42-46-51-56-61-76(81)93-72(66-87-74(79)60-55-50-45-41-37-33-31-26-24-22-20-18-16-13-10-7-2)68-91-95(84,85)89-64-70(77)63-88-94(82,83)90-67-71(65-86-73(78)59-54-48-14-11-8-3)92-75(80)62-57-52-47-43-39-35-36-40-44-49-53-58-69(4)5/h69-72,77H,6-68H2,1-5H3,(H,82,83)(H,84,85)/t70-,71+,72+/m0/s1. The third-order valence-corrected chi connectivity index (χ3v) is 19.7. The van der Waals surface area contributed by atoms with Crippen molar-refractivity contribution in [3.8, 4) is 0 Å². The van der Waals surface area contributed by atoms with Gasteiger partial charge in [0.05, 0.1) is 26.4 Å². The molecule has 0 bridgehead atoms. The summed E-state index contributed by atoms with van der Waals surface area (Å²) in [5.74, 6) is -1.36. The molecule has 0 saturated carbocycles. The zero-order valence-corrected chi connectivity index (χ0v) is 63.6. The minimum absolute atomic E-state index is 0.106. The minimum Gasteiger partial charge on any atom is -0.462 e. The van der Waals surface area contributed by atoms with E-state index in [9.17, 15) is 43.2 Å². The monoisotopic (exact) mass is 1400 g/mol. The molecule has 0 saturated heterocycles. The third kappa shape index (κ3) is 70.3. The average Bonchev–Trinajstić information content (AvgIpc) is 3.23. The molecule has 3 N–H and O–H groups in total. The van der Waals surface area contributed by atoms with Crippen LogP contribution in [0.25, 0.3) is 0 Å². The van der Waals surface area contributed by atoms with Gasteiger partial charge in [0, 0.05) is 25.7 Å². The number of esters is 4. The first-order chi connectivity index (χ1) is 46.0. The van der Waals surface area contributed by atoms with Crippen molar-refractivity contribution in [3.05, 3.63) is 0 Å². The molecule has 0 heterocycles. The molecule has 0 fully saturated rings. The lowest BCUT2D eigenvalue weighted by atomic mass is 10.0. The van der Waals surface area contributed by atoms with Crippen LogP contribution in [0.2, 0.25) is 0 Å². The molecule has 0 aromatic heterocycles. The number of hydrogen-bond donors (Lipinski definition) is 3. The van der Waals surface area contributed by atoms with E-state index in [-0.39, 0.29) is 25.7 Å². The van der Waals surface area contributed by atoms with Gasteiger partial charge in [-0.1, -0.05) is 349 Å². The molecule has 0 radical (unpaired) electrons. The molecule has 95 heavy (non-hydrogen) atoms. The number of aliphatic hydroxyl groups is 1. The summed E-state index contributed by atoms with van der Waals surface area (Å²) in [6.45, 7) is 7.20. The molecule has 564 valence electrons. The molecule has 19 heteroatoms. The summed E-state index contributed by atoms with van der Waals surface area (Å²) < 4.78 is 68.3. The highest BCUT2D eigenvalue weighted by atomic mass is 31.2. The van der Waals surface area contributed by atoms with Crippen LogP contribution in [0.3, 0.4) is 0 Å². The third-order valence-electron chi connectivity index (χ3n) is 17.8. The van der Waals surface area contributed by atoms with Crippen LogP contribution in [0.5, 0.6) is 0 Å². The predicted molar refractivity (Wildman–Crippen MR) is 386 cm³/mol. The van der Waals surface area contributed by atoms with Gasteiger partial charge < -0.3 is 33.8 Å². The lowest BCUT2D eigenvalue weighted by Crippen LogP contribution is -2.30. The van der Waals surface area contributed by atoms with Gasteiger partial charge >= 0.3 is 39.5 Å². The molecule has 0 aliphatic rings. The Bertz CT molecular complexity index is 1820. The van der Waals surface area contributed by atoms with Crippen LogP contribution in [-0.4, -0.2) is 96.7 Å². The first-order valence-electron chi connectivity index (χ1n) is 39.6. The van der Waals surface area contributed by atoms with Gasteiger partial charge in [-0.25, -0.2) is 9.13 Å². The van der Waals surface area contributed by atoms with Crippen molar-refractivity contribution in [2.45, 2.75) is 419 Å². The van der Waals surface area contributed by atoms with Crippen molar-refractivity contribution in [2.75, 3.05) is 39.6 Å². The zero-order valence-electron chi connectivity index (χ0n) is 61.8. The van der Waals surface area contributed by atoms with Gasteiger partial charge in [-0.05, 0) is 31.6 Å². The largest absolute Gasteiger partial charge is 0.472 e. The van der Waals surface area contributed by atoms with Gasteiger partial charge in [-0.3, -0.25) is 37.3 Å². The molecule has 0 aromatic carbocycles. The van der Waals surface area contributed by atoms with E-state index in [4.69, 9.17) is 37.0 Å². The molecular weight excluding hydrogens is 1250 g/mol. The van der Waals surface area contributed by atoms with Gasteiger partial charge in [-0.15, -0.1) is 0 Å². The van der Waals surface area contributed by atoms with Crippen LogP contribution in [0.15, 0.2) is 0 Å². The second kappa shape index (κ2) is 69.2. The fourth-order valence-electron chi connectivity index (χ4n) is 11.7. The lowest BCUT2D eigenvalue weighted by Gasteiger charge is -2.21. The summed E-state index contributed by atoms with van der Waals surface area (Å²) in [4.78, 5) is 72.5. The Hall–Kier alpha value is -1.94. The minimum atomic E-state index is -4.95. The van der Waals surface area contributed by atoms with Crippen molar-refractivity contribution in [2.24, 2.45) is 5.92 Å². The number of ether oxygens (including phenoxy) is 4. The summed E-state index contributed by atoms with van der Waals surface area (Å²) in [6, 6.07) is 0. The smallest absolute Gasteiger partial charge is 0.462 e. The van der Waals surface area contributed by atoms with E-state index in [1.807, 2.05) is 0 Å². The SMILES string of the molecule is CCCCCCCCCCCCCCCCCCCCCCC(=O)O[C@H](COC(=O)CCCCCCCCCCCCCCCCCC)COP(=O)(O)OC[C@@H](O)COP(=O)(O)OC[C@@H](COC(=O)CCCCCCC)OC(=O)CCCCCCCCCCCCCC(C)C. The fourth-order valence-corrected chi connectivity index (χ4v) is 13.3. The molecule has 0 spiro atoms. The van der Waals surface area contributed by atoms with E-state index in [0.29, 0.717) is 25.7 Å². The Morgan fingerprint density at radius 1 is 0.284 bits per heavy atom. The summed E-state index contributed by atoms with van der Waals surface area (Å²) in [5, 5.41) is 10.6. The Morgan fingerprint density at radius 3 is 0.716 bits per heavy atom. The first kappa shape index (κ1) is 93.1. The summed E-state index contributed by atoms with van der Waals surface area (Å²) in [5.41, 5.74) is 0. The lowest BCUT2D eigenvalue weighted by molar-refractivity contribution is -0.161. The second-order valence-corrected chi connectivity index (χ2v) is 30.8. The molecular formula is C76H148O17P2. The van der Waals surface area contributed by atoms with E-state index >= 15 is 0 Å². The van der Waals surface area contributed by atoms with Gasteiger partial charge in [0.2, 0.25) is 0 Å². The maximum Gasteiger partial charge on any atom is 0.472 e. The number of rotatable bonds is 76. The van der Waals surface area contributed by atoms with E-state index in [0.717, 1.165) is 102 Å². The Balaban J connectivity index is 5.13. The Kier molecular flexibility index (Phi) is 67.7. The molecule has 0 rings (SSSR count). The molecule has 0 aliphatic heterocycles. The van der Waals surface area contributed by atoms with E-state index in [1.165, 1.54) is 218 Å². The number of aliphatic hydroxyl groups excluding tert-OH is 1. The van der Waals surface area contributed by atoms with E-state index in [1.54, 1.807) is 0 Å². The predicted octanol–water partition coefficient (Wildman–Crippen LogP) is 22.5. The summed E-state index contributed by atoms with van der Waals surface area (Å²) in [7, 11) is -9.90. The van der Waals surface area contributed by atoms with Crippen LogP contribution in [-0.2, 0) is 65.4 Å².